The molecule has 20 heavy (non-hydrogen) atoms. The lowest BCUT2D eigenvalue weighted by Crippen LogP contribution is -2.47. The molecule has 2 atom stereocenters. The Labute approximate surface area is 122 Å². The second kappa shape index (κ2) is 6.70. The topological polar surface area (TPSA) is 24.5 Å². The predicted octanol–water partition coefficient (Wildman–Crippen LogP) is 2.20. The van der Waals surface area contributed by atoms with Crippen LogP contribution in [0.2, 0.25) is 0 Å². The van der Waals surface area contributed by atoms with Crippen LogP contribution in [0.4, 0.5) is 0 Å². The van der Waals surface area contributed by atoms with Crippen LogP contribution in [-0.4, -0.2) is 43.8 Å². The average molecular weight is 274 g/mol. The molecule has 0 radical (unpaired) electrons. The van der Waals surface area contributed by atoms with Crippen molar-refractivity contribution in [1.82, 2.24) is 10.2 Å². The molecule has 1 N–H and O–H groups in total. The minimum Gasteiger partial charge on any atom is -0.375 e. The van der Waals surface area contributed by atoms with Crippen molar-refractivity contribution in [2.75, 3.05) is 26.7 Å². The van der Waals surface area contributed by atoms with E-state index in [9.17, 15) is 0 Å². The monoisotopic (exact) mass is 274 g/mol. The summed E-state index contributed by atoms with van der Waals surface area (Å²) in [6.07, 6.45) is 5.50. The maximum atomic E-state index is 5.91. The van der Waals surface area contributed by atoms with Crippen LogP contribution in [0.3, 0.4) is 0 Å². The van der Waals surface area contributed by atoms with Crippen LogP contribution in [0.15, 0.2) is 24.3 Å². The van der Waals surface area contributed by atoms with E-state index in [0.717, 1.165) is 32.7 Å². The third-order valence-corrected chi connectivity index (χ3v) is 4.73. The summed E-state index contributed by atoms with van der Waals surface area (Å²) in [6.45, 7) is 4.12. The van der Waals surface area contributed by atoms with Gasteiger partial charge in [0.05, 0.1) is 12.7 Å². The Morgan fingerprint density at radius 3 is 2.95 bits per heavy atom. The summed E-state index contributed by atoms with van der Waals surface area (Å²) in [7, 11) is 2.02. The Balaban J connectivity index is 1.70. The van der Waals surface area contributed by atoms with Crippen molar-refractivity contribution in [3.05, 3.63) is 35.4 Å². The van der Waals surface area contributed by atoms with Gasteiger partial charge in [0, 0.05) is 19.1 Å². The van der Waals surface area contributed by atoms with E-state index in [-0.39, 0.29) is 0 Å². The molecular formula is C17H26N2O. The zero-order chi connectivity index (χ0) is 13.8. The van der Waals surface area contributed by atoms with E-state index in [1.54, 1.807) is 0 Å². The highest BCUT2D eigenvalue weighted by atomic mass is 16.5. The second-order valence-electron chi connectivity index (χ2n) is 6.00. The highest BCUT2D eigenvalue weighted by Crippen LogP contribution is 2.31. The summed E-state index contributed by atoms with van der Waals surface area (Å²) in [5, 5.41) is 3.25. The predicted molar refractivity (Wildman–Crippen MR) is 81.9 cm³/mol. The van der Waals surface area contributed by atoms with Gasteiger partial charge in [0.2, 0.25) is 0 Å². The lowest BCUT2D eigenvalue weighted by molar-refractivity contribution is -0.0588. The van der Waals surface area contributed by atoms with Crippen LogP contribution in [-0.2, 0) is 17.7 Å². The van der Waals surface area contributed by atoms with Gasteiger partial charge in [-0.1, -0.05) is 24.3 Å². The van der Waals surface area contributed by atoms with Gasteiger partial charge in [-0.3, -0.25) is 4.90 Å². The first-order valence-corrected chi connectivity index (χ1v) is 7.95. The van der Waals surface area contributed by atoms with E-state index in [1.807, 2.05) is 7.05 Å². The second-order valence-corrected chi connectivity index (χ2v) is 6.00. The maximum absolute atomic E-state index is 5.91. The van der Waals surface area contributed by atoms with E-state index in [4.69, 9.17) is 4.74 Å². The molecule has 1 saturated heterocycles. The normalized spacial score (nSPS) is 26.6. The molecule has 0 aromatic heterocycles. The van der Waals surface area contributed by atoms with E-state index in [0.29, 0.717) is 12.1 Å². The van der Waals surface area contributed by atoms with Crippen LogP contribution in [0.1, 0.15) is 30.4 Å². The number of fused-ring (bicyclic) bond motifs is 1. The molecule has 1 heterocycles. The quantitative estimate of drug-likeness (QED) is 0.891. The lowest BCUT2D eigenvalue weighted by atomic mass is 10.0. The van der Waals surface area contributed by atoms with Gasteiger partial charge < -0.3 is 10.1 Å². The zero-order valence-corrected chi connectivity index (χ0v) is 12.5. The summed E-state index contributed by atoms with van der Waals surface area (Å²) in [6, 6.07) is 9.56. The molecule has 1 aromatic rings. The fraction of sp³-hybridized carbons (Fsp3) is 0.647. The number of benzene rings is 1. The van der Waals surface area contributed by atoms with E-state index in [2.05, 4.69) is 34.5 Å². The number of nitrogens with one attached hydrogen (secondary N) is 1. The van der Waals surface area contributed by atoms with Gasteiger partial charge in [-0.25, -0.2) is 0 Å². The number of hydrogen-bond acceptors (Lipinski definition) is 3. The molecule has 1 aliphatic heterocycles. The third-order valence-electron chi connectivity index (χ3n) is 4.73. The number of likely N-dealkylation sites (N-methyl/N-ethyl adjacent to an activating group) is 1. The largest absolute Gasteiger partial charge is 0.375 e. The van der Waals surface area contributed by atoms with Gasteiger partial charge in [-0.05, 0) is 50.4 Å². The van der Waals surface area contributed by atoms with Gasteiger partial charge in [0.1, 0.15) is 0 Å². The van der Waals surface area contributed by atoms with Crippen molar-refractivity contribution in [3.8, 4) is 0 Å². The Morgan fingerprint density at radius 2 is 2.10 bits per heavy atom. The Morgan fingerprint density at radius 1 is 1.25 bits per heavy atom. The van der Waals surface area contributed by atoms with Crippen molar-refractivity contribution < 1.29 is 4.74 Å². The average Bonchev–Trinajstić information content (AvgIpc) is 2.96. The SMILES string of the molecule is CNCCc1ccccc1CN1CCOC2CCCC21. The molecule has 3 nitrogen and oxygen atoms in total. The van der Waals surface area contributed by atoms with Gasteiger partial charge in [-0.2, -0.15) is 0 Å². The first kappa shape index (κ1) is 14.1. The molecule has 2 unspecified atom stereocenters. The first-order chi connectivity index (χ1) is 9.88. The number of nitrogens with zero attached hydrogens (tertiary/aromatic N) is 1. The fourth-order valence-electron chi connectivity index (χ4n) is 3.64. The summed E-state index contributed by atoms with van der Waals surface area (Å²) in [4.78, 5) is 2.65. The summed E-state index contributed by atoms with van der Waals surface area (Å²) >= 11 is 0. The van der Waals surface area contributed by atoms with E-state index >= 15 is 0 Å². The Kier molecular flexibility index (Phi) is 4.71. The van der Waals surface area contributed by atoms with Crippen molar-refractivity contribution in [2.24, 2.45) is 0 Å². The molecule has 0 bridgehead atoms. The molecule has 3 heteroatoms. The molecule has 1 aromatic carbocycles. The maximum Gasteiger partial charge on any atom is 0.0731 e. The summed E-state index contributed by atoms with van der Waals surface area (Å²) < 4.78 is 5.91. The van der Waals surface area contributed by atoms with E-state index < -0.39 is 0 Å². The van der Waals surface area contributed by atoms with Gasteiger partial charge in [0.15, 0.2) is 0 Å². The minimum atomic E-state index is 0.494. The third kappa shape index (κ3) is 3.05. The van der Waals surface area contributed by atoms with Crippen LogP contribution in [0.25, 0.3) is 0 Å². The number of ether oxygens (including phenoxy) is 1. The van der Waals surface area contributed by atoms with Crippen molar-refractivity contribution in [1.29, 1.82) is 0 Å². The lowest BCUT2D eigenvalue weighted by Gasteiger charge is -2.38. The van der Waals surface area contributed by atoms with Crippen LogP contribution >= 0.6 is 0 Å². The molecule has 3 rings (SSSR count). The molecule has 1 aliphatic carbocycles. The highest BCUT2D eigenvalue weighted by molar-refractivity contribution is 5.27. The zero-order valence-electron chi connectivity index (χ0n) is 12.5. The molecule has 2 aliphatic rings. The van der Waals surface area contributed by atoms with Gasteiger partial charge >= 0.3 is 0 Å². The van der Waals surface area contributed by atoms with Crippen molar-refractivity contribution in [2.45, 2.75) is 44.4 Å². The molecule has 0 spiro atoms. The van der Waals surface area contributed by atoms with Crippen molar-refractivity contribution >= 4 is 0 Å². The highest BCUT2D eigenvalue weighted by Gasteiger charge is 2.35. The molecule has 1 saturated carbocycles. The van der Waals surface area contributed by atoms with Gasteiger partial charge in [-0.15, -0.1) is 0 Å². The Hall–Kier alpha value is -0.900. The number of hydrogen-bond donors (Lipinski definition) is 1. The summed E-state index contributed by atoms with van der Waals surface area (Å²) in [5.74, 6) is 0. The van der Waals surface area contributed by atoms with Crippen LogP contribution in [0.5, 0.6) is 0 Å². The molecule has 110 valence electrons. The molecule has 2 fully saturated rings. The number of morpholine rings is 1. The fourth-order valence-corrected chi connectivity index (χ4v) is 3.64. The minimum absolute atomic E-state index is 0.494. The standard InChI is InChI=1S/C17H26N2O/c1-18-10-9-14-5-2-3-6-15(14)13-19-11-12-20-17-8-4-7-16(17)19/h2-3,5-6,16-18H,4,7-13H2,1H3. The van der Waals surface area contributed by atoms with Crippen molar-refractivity contribution in [3.63, 3.8) is 0 Å². The molecule has 0 amide bonds. The Bertz CT molecular complexity index is 435. The van der Waals surface area contributed by atoms with Crippen LogP contribution < -0.4 is 5.32 Å². The first-order valence-electron chi connectivity index (χ1n) is 7.95. The number of rotatable bonds is 5. The molecular weight excluding hydrogens is 248 g/mol. The van der Waals surface area contributed by atoms with Crippen LogP contribution in [0, 0.1) is 0 Å². The van der Waals surface area contributed by atoms with E-state index in [1.165, 1.54) is 30.4 Å². The van der Waals surface area contributed by atoms with Gasteiger partial charge in [0.25, 0.3) is 0 Å². The summed E-state index contributed by atoms with van der Waals surface area (Å²) in [5.41, 5.74) is 2.98. The smallest absolute Gasteiger partial charge is 0.0731 e.